The summed E-state index contributed by atoms with van der Waals surface area (Å²) < 4.78 is 22.0. The van der Waals surface area contributed by atoms with Gasteiger partial charge in [-0.25, -0.2) is 8.42 Å². The van der Waals surface area contributed by atoms with Crippen LogP contribution in [-0.2, 0) is 14.6 Å². The van der Waals surface area contributed by atoms with Gasteiger partial charge in [-0.1, -0.05) is 0 Å². The van der Waals surface area contributed by atoms with E-state index in [4.69, 9.17) is 5.11 Å². The monoisotopic (exact) mass is 237 g/mol. The third-order valence-corrected chi connectivity index (χ3v) is 2.74. The SMILES string of the molecule is CC(C)(C)NCC(CS(C)(=O)=O)C(=O)O. The molecular formula is C9H19NO4S. The largest absolute Gasteiger partial charge is 0.481 e. The number of hydrogen-bond acceptors (Lipinski definition) is 4. The third kappa shape index (κ3) is 8.38. The molecule has 6 heteroatoms. The molecule has 0 saturated carbocycles. The molecule has 0 aromatic heterocycles. The molecule has 5 nitrogen and oxygen atoms in total. The van der Waals surface area contributed by atoms with Crippen molar-refractivity contribution in [2.45, 2.75) is 26.3 Å². The first kappa shape index (κ1) is 14.4. The first-order valence-corrected chi connectivity index (χ1v) is 6.73. The number of rotatable bonds is 5. The lowest BCUT2D eigenvalue weighted by Gasteiger charge is -2.23. The van der Waals surface area contributed by atoms with Crippen LogP contribution in [0.1, 0.15) is 20.8 Å². The lowest BCUT2D eigenvalue weighted by atomic mass is 10.1. The van der Waals surface area contributed by atoms with Crippen molar-refractivity contribution in [3.05, 3.63) is 0 Å². The number of carbonyl (C=O) groups is 1. The van der Waals surface area contributed by atoms with Crippen LogP contribution in [0.5, 0.6) is 0 Å². The zero-order chi connectivity index (χ0) is 12.3. The van der Waals surface area contributed by atoms with Crippen molar-refractivity contribution >= 4 is 15.8 Å². The number of nitrogens with one attached hydrogen (secondary N) is 1. The summed E-state index contributed by atoms with van der Waals surface area (Å²) in [6.45, 7) is 5.84. The second kappa shape index (κ2) is 4.94. The molecule has 0 amide bonds. The summed E-state index contributed by atoms with van der Waals surface area (Å²) in [7, 11) is -3.26. The minimum atomic E-state index is -3.26. The molecule has 0 rings (SSSR count). The summed E-state index contributed by atoms with van der Waals surface area (Å²) in [6, 6.07) is 0. The maximum atomic E-state index is 11.0. The van der Waals surface area contributed by atoms with Crippen molar-refractivity contribution in [3.63, 3.8) is 0 Å². The van der Waals surface area contributed by atoms with Crippen LogP contribution >= 0.6 is 0 Å². The van der Waals surface area contributed by atoms with Gasteiger partial charge in [0.25, 0.3) is 0 Å². The van der Waals surface area contributed by atoms with Gasteiger partial charge in [-0.15, -0.1) is 0 Å². The van der Waals surface area contributed by atoms with Crippen molar-refractivity contribution in [1.82, 2.24) is 5.32 Å². The van der Waals surface area contributed by atoms with E-state index in [0.717, 1.165) is 6.26 Å². The highest BCUT2D eigenvalue weighted by Gasteiger charge is 2.24. The molecule has 0 aliphatic carbocycles. The predicted molar refractivity (Wildman–Crippen MR) is 58.6 cm³/mol. The predicted octanol–water partition coefficient (Wildman–Crippen LogP) is 0.120. The van der Waals surface area contributed by atoms with Gasteiger partial charge in [0.1, 0.15) is 9.84 Å². The summed E-state index contributed by atoms with van der Waals surface area (Å²) in [6.07, 6.45) is 1.04. The molecular weight excluding hydrogens is 218 g/mol. The number of sulfone groups is 1. The molecule has 2 N–H and O–H groups in total. The van der Waals surface area contributed by atoms with Gasteiger partial charge in [-0.05, 0) is 20.8 Å². The first-order valence-electron chi connectivity index (χ1n) is 4.67. The smallest absolute Gasteiger partial charge is 0.308 e. The Morgan fingerprint density at radius 2 is 1.87 bits per heavy atom. The van der Waals surface area contributed by atoms with E-state index in [1.165, 1.54) is 0 Å². The molecule has 0 aromatic carbocycles. The van der Waals surface area contributed by atoms with Gasteiger partial charge >= 0.3 is 5.97 Å². The van der Waals surface area contributed by atoms with Gasteiger partial charge < -0.3 is 10.4 Å². The highest BCUT2D eigenvalue weighted by molar-refractivity contribution is 7.90. The summed E-state index contributed by atoms with van der Waals surface area (Å²) in [5.41, 5.74) is -0.217. The molecule has 0 radical (unpaired) electrons. The van der Waals surface area contributed by atoms with Gasteiger partial charge in [0.2, 0.25) is 0 Å². The summed E-state index contributed by atoms with van der Waals surface area (Å²) in [4.78, 5) is 10.8. The summed E-state index contributed by atoms with van der Waals surface area (Å²) in [5.74, 6) is -2.30. The van der Waals surface area contributed by atoms with Crippen molar-refractivity contribution in [2.24, 2.45) is 5.92 Å². The average molecular weight is 237 g/mol. The fourth-order valence-electron chi connectivity index (χ4n) is 1.01. The standard InChI is InChI=1S/C9H19NO4S/c1-9(2,3)10-5-7(8(11)12)6-15(4,13)14/h7,10H,5-6H2,1-4H3,(H,11,12). The van der Waals surface area contributed by atoms with E-state index >= 15 is 0 Å². The molecule has 0 bridgehead atoms. The van der Waals surface area contributed by atoms with Crippen LogP contribution in [0, 0.1) is 5.92 Å². The highest BCUT2D eigenvalue weighted by Crippen LogP contribution is 2.04. The normalized spacial score (nSPS) is 14.9. The Morgan fingerprint density at radius 3 is 2.13 bits per heavy atom. The van der Waals surface area contributed by atoms with E-state index in [9.17, 15) is 13.2 Å². The molecule has 0 fully saturated rings. The Kier molecular flexibility index (Phi) is 4.73. The Hall–Kier alpha value is -0.620. The van der Waals surface area contributed by atoms with Crippen LogP contribution in [-0.4, -0.2) is 43.6 Å². The molecule has 15 heavy (non-hydrogen) atoms. The third-order valence-electron chi connectivity index (χ3n) is 1.73. The van der Waals surface area contributed by atoms with E-state index in [0.29, 0.717) is 0 Å². The molecule has 0 aliphatic rings. The summed E-state index contributed by atoms with van der Waals surface area (Å²) >= 11 is 0. The van der Waals surface area contributed by atoms with Crippen LogP contribution in [0.25, 0.3) is 0 Å². The maximum Gasteiger partial charge on any atom is 0.308 e. The molecule has 0 heterocycles. The molecule has 1 atom stereocenters. The number of carboxylic acid groups (broad SMARTS) is 1. The first-order chi connectivity index (χ1) is 6.51. The lowest BCUT2D eigenvalue weighted by Crippen LogP contribution is -2.42. The second-order valence-corrected chi connectivity index (χ2v) is 6.94. The lowest BCUT2D eigenvalue weighted by molar-refractivity contribution is -0.140. The molecule has 0 aromatic rings. The molecule has 0 aliphatic heterocycles. The van der Waals surface area contributed by atoms with E-state index in [1.807, 2.05) is 20.8 Å². The van der Waals surface area contributed by atoms with Gasteiger partial charge in [0, 0.05) is 18.3 Å². The van der Waals surface area contributed by atoms with Crippen LogP contribution in [0.2, 0.25) is 0 Å². The zero-order valence-electron chi connectivity index (χ0n) is 9.57. The quantitative estimate of drug-likeness (QED) is 0.709. The van der Waals surface area contributed by atoms with Gasteiger partial charge in [-0.3, -0.25) is 4.79 Å². The van der Waals surface area contributed by atoms with E-state index in [2.05, 4.69) is 5.32 Å². The Bertz CT molecular complexity index is 315. The summed E-state index contributed by atoms with van der Waals surface area (Å²) in [5, 5.41) is 11.8. The van der Waals surface area contributed by atoms with Gasteiger partial charge in [-0.2, -0.15) is 0 Å². The Labute approximate surface area is 90.8 Å². The van der Waals surface area contributed by atoms with Gasteiger partial charge in [0.15, 0.2) is 0 Å². The number of aliphatic carboxylic acids is 1. The zero-order valence-corrected chi connectivity index (χ0v) is 10.4. The van der Waals surface area contributed by atoms with Crippen LogP contribution in [0.4, 0.5) is 0 Å². The topological polar surface area (TPSA) is 83.5 Å². The van der Waals surface area contributed by atoms with E-state index < -0.39 is 21.7 Å². The fourth-order valence-corrected chi connectivity index (χ4v) is 2.00. The average Bonchev–Trinajstić information content (AvgIpc) is 1.93. The molecule has 90 valence electrons. The van der Waals surface area contributed by atoms with Crippen LogP contribution < -0.4 is 5.32 Å². The van der Waals surface area contributed by atoms with Crippen LogP contribution in [0.15, 0.2) is 0 Å². The van der Waals surface area contributed by atoms with Crippen molar-refractivity contribution in [1.29, 1.82) is 0 Å². The number of hydrogen-bond donors (Lipinski definition) is 2. The fraction of sp³-hybridized carbons (Fsp3) is 0.889. The Balaban J connectivity index is 4.38. The minimum Gasteiger partial charge on any atom is -0.481 e. The van der Waals surface area contributed by atoms with E-state index in [-0.39, 0.29) is 17.8 Å². The van der Waals surface area contributed by atoms with Crippen molar-refractivity contribution < 1.29 is 18.3 Å². The maximum absolute atomic E-state index is 11.0. The highest BCUT2D eigenvalue weighted by atomic mass is 32.2. The second-order valence-electron chi connectivity index (χ2n) is 4.76. The molecule has 1 unspecified atom stereocenters. The van der Waals surface area contributed by atoms with Crippen molar-refractivity contribution in [3.8, 4) is 0 Å². The number of carboxylic acids is 1. The van der Waals surface area contributed by atoms with Gasteiger partial charge in [0.05, 0.1) is 11.7 Å². The minimum absolute atomic E-state index is 0.159. The van der Waals surface area contributed by atoms with Crippen molar-refractivity contribution in [2.75, 3.05) is 18.6 Å². The van der Waals surface area contributed by atoms with E-state index in [1.54, 1.807) is 0 Å². The Morgan fingerprint density at radius 1 is 1.40 bits per heavy atom. The van der Waals surface area contributed by atoms with Crippen LogP contribution in [0.3, 0.4) is 0 Å². The molecule has 0 spiro atoms. The molecule has 0 saturated heterocycles.